The first-order valence-corrected chi connectivity index (χ1v) is 11.3. The Morgan fingerprint density at radius 2 is 1.91 bits per heavy atom. The van der Waals surface area contributed by atoms with Gasteiger partial charge in [-0.3, -0.25) is 19.5 Å². The van der Waals surface area contributed by atoms with Gasteiger partial charge in [0.2, 0.25) is 5.91 Å². The number of hydrogen-bond acceptors (Lipinski definition) is 6. The Bertz CT molecular complexity index is 1340. The molecule has 0 saturated carbocycles. The van der Waals surface area contributed by atoms with E-state index >= 15 is 0 Å². The molecule has 2 aromatic heterocycles. The van der Waals surface area contributed by atoms with Crippen LogP contribution in [-0.4, -0.2) is 27.2 Å². The van der Waals surface area contributed by atoms with Gasteiger partial charge < -0.3 is 9.73 Å². The number of thioether (sulfide) groups is 1. The quantitative estimate of drug-likeness (QED) is 0.306. The lowest BCUT2D eigenvalue weighted by molar-refractivity contribution is -0.117. The third-order valence-electron chi connectivity index (χ3n) is 4.66. The van der Waals surface area contributed by atoms with Crippen LogP contribution in [-0.2, 0) is 17.9 Å². The number of hydrogen-bond donors (Lipinski definition) is 2. The van der Waals surface area contributed by atoms with Crippen LogP contribution in [0.2, 0.25) is 5.02 Å². The van der Waals surface area contributed by atoms with Gasteiger partial charge in [-0.05, 0) is 35.9 Å². The molecule has 10 heteroatoms. The molecule has 3 amide bonds. The molecule has 168 valence electrons. The van der Waals surface area contributed by atoms with Crippen molar-refractivity contribution in [2.45, 2.75) is 18.2 Å². The third kappa shape index (κ3) is 5.82. The maximum atomic E-state index is 13.1. The van der Waals surface area contributed by atoms with E-state index in [-0.39, 0.29) is 17.9 Å². The Morgan fingerprint density at radius 1 is 1.09 bits per heavy atom. The van der Waals surface area contributed by atoms with Gasteiger partial charge >= 0.3 is 6.03 Å². The predicted molar refractivity (Wildman–Crippen MR) is 126 cm³/mol. The Hall–Kier alpha value is -3.56. The van der Waals surface area contributed by atoms with E-state index in [2.05, 4.69) is 15.6 Å². The number of imide groups is 1. The minimum Gasteiger partial charge on any atom is -0.467 e. The van der Waals surface area contributed by atoms with E-state index in [1.807, 2.05) is 30.3 Å². The summed E-state index contributed by atoms with van der Waals surface area (Å²) in [6.45, 7) is 0.446. The number of halogens is 1. The molecule has 33 heavy (non-hydrogen) atoms. The van der Waals surface area contributed by atoms with Crippen molar-refractivity contribution in [3.8, 4) is 0 Å². The third-order valence-corrected chi connectivity index (χ3v) is 5.87. The van der Waals surface area contributed by atoms with Gasteiger partial charge in [-0.1, -0.05) is 53.7 Å². The van der Waals surface area contributed by atoms with Crippen LogP contribution in [0.3, 0.4) is 0 Å². The SMILES string of the molecule is O=C(CSc1nc2cc(Cl)ccc2c(=O)n1Cc1ccco1)NC(=O)NCc1ccccc1. The minimum atomic E-state index is -0.601. The molecule has 2 N–H and O–H groups in total. The molecular weight excluding hydrogens is 464 g/mol. The summed E-state index contributed by atoms with van der Waals surface area (Å²) in [5.41, 5.74) is 1.05. The summed E-state index contributed by atoms with van der Waals surface area (Å²) >= 11 is 7.10. The van der Waals surface area contributed by atoms with Crippen molar-refractivity contribution in [3.05, 3.63) is 93.6 Å². The number of nitrogens with one attached hydrogen (secondary N) is 2. The number of fused-ring (bicyclic) bond motifs is 1. The summed E-state index contributed by atoms with van der Waals surface area (Å²) in [6, 6.07) is 17.0. The molecule has 2 aromatic carbocycles. The second-order valence-corrected chi connectivity index (χ2v) is 8.41. The zero-order chi connectivity index (χ0) is 23.2. The van der Waals surface area contributed by atoms with Crippen LogP contribution in [0.5, 0.6) is 0 Å². The Balaban J connectivity index is 1.47. The average Bonchev–Trinajstić information content (AvgIpc) is 3.32. The first-order chi connectivity index (χ1) is 16.0. The number of urea groups is 1. The highest BCUT2D eigenvalue weighted by molar-refractivity contribution is 7.99. The second kappa shape index (κ2) is 10.4. The van der Waals surface area contributed by atoms with Crippen molar-refractivity contribution in [2.75, 3.05) is 5.75 Å². The molecule has 0 saturated heterocycles. The van der Waals surface area contributed by atoms with Crippen molar-refractivity contribution < 1.29 is 14.0 Å². The molecular formula is C23H19ClN4O4S. The van der Waals surface area contributed by atoms with E-state index in [1.165, 1.54) is 10.8 Å². The van der Waals surface area contributed by atoms with Crippen molar-refractivity contribution in [1.82, 2.24) is 20.2 Å². The maximum Gasteiger partial charge on any atom is 0.321 e. The van der Waals surface area contributed by atoms with Crippen LogP contribution in [0.1, 0.15) is 11.3 Å². The number of furan rings is 1. The molecule has 0 aliphatic heterocycles. The molecule has 0 spiro atoms. The first-order valence-electron chi connectivity index (χ1n) is 9.96. The Labute approximate surface area is 198 Å². The van der Waals surface area contributed by atoms with Crippen LogP contribution in [0.15, 0.2) is 81.3 Å². The molecule has 0 aliphatic carbocycles. The summed E-state index contributed by atoms with van der Waals surface area (Å²) in [4.78, 5) is 42.0. The first kappa shape index (κ1) is 22.6. The smallest absolute Gasteiger partial charge is 0.321 e. The predicted octanol–water partition coefficient (Wildman–Crippen LogP) is 3.81. The van der Waals surface area contributed by atoms with Crippen LogP contribution in [0, 0.1) is 0 Å². The van der Waals surface area contributed by atoms with Crippen molar-refractivity contribution in [3.63, 3.8) is 0 Å². The maximum absolute atomic E-state index is 13.1. The lowest BCUT2D eigenvalue weighted by atomic mass is 10.2. The number of carbonyl (C=O) groups is 2. The summed E-state index contributed by atoms with van der Waals surface area (Å²) < 4.78 is 6.80. The number of rotatable bonds is 7. The van der Waals surface area contributed by atoms with Gasteiger partial charge in [-0.2, -0.15) is 0 Å². The molecule has 4 rings (SSSR count). The molecule has 8 nitrogen and oxygen atoms in total. The summed E-state index contributed by atoms with van der Waals surface area (Å²) in [6.07, 6.45) is 1.52. The number of aromatic nitrogens is 2. The highest BCUT2D eigenvalue weighted by Crippen LogP contribution is 2.21. The van der Waals surface area contributed by atoms with Gasteiger partial charge in [0.25, 0.3) is 5.56 Å². The van der Waals surface area contributed by atoms with Gasteiger partial charge in [0.1, 0.15) is 5.76 Å². The van der Waals surface area contributed by atoms with Crippen LogP contribution < -0.4 is 16.2 Å². The summed E-state index contributed by atoms with van der Waals surface area (Å²) in [5, 5.41) is 6.07. The van der Waals surface area contributed by atoms with E-state index in [0.717, 1.165) is 17.3 Å². The Morgan fingerprint density at radius 3 is 2.67 bits per heavy atom. The molecule has 0 radical (unpaired) electrons. The standard InChI is InChI=1S/C23H19ClN4O4S/c24-16-8-9-18-19(11-16)26-23(28(21(18)30)13-17-7-4-10-32-17)33-14-20(29)27-22(31)25-12-15-5-2-1-3-6-15/h1-11H,12-14H2,(H2,25,27,29,31). The number of carbonyl (C=O) groups excluding carboxylic acids is 2. The van der Waals surface area contributed by atoms with Crippen molar-refractivity contribution >= 4 is 46.2 Å². The molecule has 0 fully saturated rings. The summed E-state index contributed by atoms with van der Waals surface area (Å²) in [5.74, 6) is -0.0653. The lowest BCUT2D eigenvalue weighted by Gasteiger charge is -2.12. The second-order valence-electron chi connectivity index (χ2n) is 7.03. The van der Waals surface area contributed by atoms with Gasteiger partial charge in [-0.15, -0.1) is 0 Å². The number of nitrogens with zero attached hydrogens (tertiary/aromatic N) is 2. The fourth-order valence-electron chi connectivity index (χ4n) is 3.10. The number of amides is 3. The van der Waals surface area contributed by atoms with E-state index in [1.54, 1.807) is 30.3 Å². The summed E-state index contributed by atoms with van der Waals surface area (Å²) in [7, 11) is 0. The Kier molecular flexibility index (Phi) is 7.11. The fourth-order valence-corrected chi connectivity index (χ4v) is 4.06. The van der Waals surface area contributed by atoms with Crippen molar-refractivity contribution in [2.24, 2.45) is 0 Å². The minimum absolute atomic E-state index is 0.116. The zero-order valence-corrected chi connectivity index (χ0v) is 18.9. The van der Waals surface area contributed by atoms with E-state index < -0.39 is 11.9 Å². The molecule has 0 unspecified atom stereocenters. The average molecular weight is 483 g/mol. The highest BCUT2D eigenvalue weighted by Gasteiger charge is 2.16. The zero-order valence-electron chi connectivity index (χ0n) is 17.3. The highest BCUT2D eigenvalue weighted by atomic mass is 35.5. The van der Waals surface area contributed by atoms with Gasteiger partial charge in [0, 0.05) is 11.6 Å². The molecule has 0 atom stereocenters. The molecule has 2 heterocycles. The fraction of sp³-hybridized carbons (Fsp3) is 0.130. The van der Waals surface area contributed by atoms with Crippen LogP contribution in [0.4, 0.5) is 4.79 Å². The van der Waals surface area contributed by atoms with Gasteiger partial charge in [0.15, 0.2) is 5.16 Å². The number of benzene rings is 2. The van der Waals surface area contributed by atoms with Gasteiger partial charge in [0.05, 0.1) is 29.5 Å². The van der Waals surface area contributed by atoms with Crippen molar-refractivity contribution in [1.29, 1.82) is 0 Å². The van der Waals surface area contributed by atoms with E-state index in [4.69, 9.17) is 16.0 Å². The largest absolute Gasteiger partial charge is 0.467 e. The lowest BCUT2D eigenvalue weighted by Crippen LogP contribution is -2.40. The van der Waals surface area contributed by atoms with E-state index in [9.17, 15) is 14.4 Å². The topological polar surface area (TPSA) is 106 Å². The normalized spacial score (nSPS) is 10.8. The molecule has 0 aliphatic rings. The van der Waals surface area contributed by atoms with E-state index in [0.29, 0.717) is 33.4 Å². The van der Waals surface area contributed by atoms with Crippen LogP contribution in [0.25, 0.3) is 10.9 Å². The molecule has 0 bridgehead atoms. The monoisotopic (exact) mass is 482 g/mol. The van der Waals surface area contributed by atoms with Gasteiger partial charge in [-0.25, -0.2) is 9.78 Å². The van der Waals surface area contributed by atoms with Crippen LogP contribution >= 0.6 is 23.4 Å². The molecule has 4 aromatic rings.